The van der Waals surface area contributed by atoms with Crippen molar-refractivity contribution in [3.63, 3.8) is 0 Å². The van der Waals surface area contributed by atoms with Crippen LogP contribution in [0.2, 0.25) is 0 Å². The molecule has 0 bridgehead atoms. The van der Waals surface area contributed by atoms with Crippen LogP contribution in [0.4, 0.5) is 0 Å². The van der Waals surface area contributed by atoms with Crippen molar-refractivity contribution < 1.29 is 4.79 Å². The molecule has 3 rings (SSSR count). The van der Waals surface area contributed by atoms with E-state index < -0.39 is 0 Å². The average molecular weight is 300 g/mol. The van der Waals surface area contributed by atoms with Gasteiger partial charge in [-0.3, -0.25) is 4.79 Å². The molecule has 0 aromatic heterocycles. The molecule has 1 amide bonds. The van der Waals surface area contributed by atoms with E-state index in [2.05, 4.69) is 41.4 Å². The first-order valence-corrected chi connectivity index (χ1v) is 8.80. The zero-order chi connectivity index (χ0) is 15.4. The van der Waals surface area contributed by atoms with E-state index in [9.17, 15) is 4.79 Å². The van der Waals surface area contributed by atoms with Crippen LogP contribution in [-0.2, 0) is 11.2 Å². The largest absolute Gasteiger partial charge is 0.341 e. The molecule has 2 aliphatic rings. The highest BCUT2D eigenvalue weighted by atomic mass is 16.2. The number of nitrogens with zero attached hydrogens (tertiary/aromatic N) is 1. The van der Waals surface area contributed by atoms with Crippen LogP contribution in [0.15, 0.2) is 24.3 Å². The number of benzene rings is 1. The molecule has 120 valence electrons. The third-order valence-corrected chi connectivity index (χ3v) is 5.25. The van der Waals surface area contributed by atoms with Gasteiger partial charge in [-0.05, 0) is 63.5 Å². The van der Waals surface area contributed by atoms with Gasteiger partial charge in [0.2, 0.25) is 5.91 Å². The van der Waals surface area contributed by atoms with Gasteiger partial charge in [-0.25, -0.2) is 0 Å². The summed E-state index contributed by atoms with van der Waals surface area (Å²) in [5.74, 6) is 1.12. The van der Waals surface area contributed by atoms with Crippen molar-refractivity contribution in [3.05, 3.63) is 35.4 Å². The molecule has 0 unspecified atom stereocenters. The monoisotopic (exact) mass is 300 g/mol. The van der Waals surface area contributed by atoms with E-state index in [-0.39, 0.29) is 6.04 Å². The predicted molar refractivity (Wildman–Crippen MR) is 89.8 cm³/mol. The van der Waals surface area contributed by atoms with Gasteiger partial charge in [0.15, 0.2) is 0 Å². The Morgan fingerprint density at radius 1 is 1.18 bits per heavy atom. The van der Waals surface area contributed by atoms with Gasteiger partial charge in [0.05, 0.1) is 6.04 Å². The Morgan fingerprint density at radius 3 is 2.55 bits per heavy atom. The molecule has 1 atom stereocenters. The fourth-order valence-corrected chi connectivity index (χ4v) is 3.68. The van der Waals surface area contributed by atoms with Crippen LogP contribution < -0.4 is 5.32 Å². The minimum Gasteiger partial charge on any atom is -0.341 e. The molecule has 1 N–H and O–H groups in total. The molecule has 22 heavy (non-hydrogen) atoms. The lowest BCUT2D eigenvalue weighted by Crippen LogP contribution is -2.47. The topological polar surface area (TPSA) is 32.3 Å². The van der Waals surface area contributed by atoms with Gasteiger partial charge in [-0.15, -0.1) is 0 Å². The lowest BCUT2D eigenvalue weighted by molar-refractivity contribution is -0.134. The lowest BCUT2D eigenvalue weighted by Gasteiger charge is -2.33. The Morgan fingerprint density at radius 2 is 1.91 bits per heavy atom. The Hall–Kier alpha value is -1.35. The van der Waals surface area contributed by atoms with E-state index >= 15 is 0 Å². The molecule has 2 aliphatic heterocycles. The zero-order valence-corrected chi connectivity index (χ0v) is 13.7. The van der Waals surface area contributed by atoms with Gasteiger partial charge in [-0.1, -0.05) is 29.8 Å². The number of nitrogens with one attached hydrogen (secondary N) is 1. The summed E-state index contributed by atoms with van der Waals surface area (Å²) in [5, 5.41) is 3.32. The Kier molecular flexibility index (Phi) is 5.14. The molecule has 2 saturated heterocycles. The lowest BCUT2D eigenvalue weighted by atomic mass is 9.90. The first-order chi connectivity index (χ1) is 10.7. The van der Waals surface area contributed by atoms with E-state index in [1.807, 2.05) is 0 Å². The fraction of sp³-hybridized carbons (Fsp3) is 0.632. The average Bonchev–Trinajstić information content (AvgIpc) is 3.09. The number of carbonyl (C=O) groups excluding carboxylic acids is 1. The Labute approximate surface area is 134 Å². The summed E-state index contributed by atoms with van der Waals surface area (Å²) >= 11 is 0. The summed E-state index contributed by atoms with van der Waals surface area (Å²) in [6.07, 6.45) is 6.93. The second kappa shape index (κ2) is 7.28. The van der Waals surface area contributed by atoms with E-state index in [0.29, 0.717) is 5.91 Å². The molecule has 3 heteroatoms. The number of rotatable bonds is 4. The van der Waals surface area contributed by atoms with Crippen LogP contribution in [0.3, 0.4) is 0 Å². The van der Waals surface area contributed by atoms with Gasteiger partial charge in [0, 0.05) is 13.1 Å². The third-order valence-electron chi connectivity index (χ3n) is 5.25. The number of carbonyl (C=O) groups is 1. The molecule has 0 saturated carbocycles. The minimum absolute atomic E-state index is 0.101. The van der Waals surface area contributed by atoms with Gasteiger partial charge < -0.3 is 10.2 Å². The van der Waals surface area contributed by atoms with Crippen molar-refractivity contribution in [2.75, 3.05) is 19.6 Å². The quantitative estimate of drug-likeness (QED) is 0.927. The van der Waals surface area contributed by atoms with Gasteiger partial charge in [-0.2, -0.15) is 0 Å². The maximum absolute atomic E-state index is 12.4. The highest BCUT2D eigenvalue weighted by Crippen LogP contribution is 2.23. The highest BCUT2D eigenvalue weighted by Gasteiger charge is 2.29. The van der Waals surface area contributed by atoms with Crippen molar-refractivity contribution in [2.24, 2.45) is 5.92 Å². The first kappa shape index (κ1) is 15.5. The number of hydrogen-bond donors (Lipinski definition) is 1. The van der Waals surface area contributed by atoms with Crippen molar-refractivity contribution in [2.45, 2.75) is 51.5 Å². The summed E-state index contributed by atoms with van der Waals surface area (Å²) in [6, 6.07) is 9.00. The first-order valence-electron chi connectivity index (χ1n) is 8.80. The molecule has 0 spiro atoms. The van der Waals surface area contributed by atoms with Gasteiger partial charge in [0.1, 0.15) is 0 Å². The molecular formula is C19H28N2O. The number of amides is 1. The Bertz CT molecular complexity index is 483. The fourth-order valence-electron chi connectivity index (χ4n) is 3.68. The maximum Gasteiger partial charge on any atom is 0.239 e. The second-order valence-electron chi connectivity index (χ2n) is 6.94. The number of hydrogen-bond acceptors (Lipinski definition) is 2. The Balaban J connectivity index is 1.41. The summed E-state index contributed by atoms with van der Waals surface area (Å²) in [6.45, 7) is 5.05. The highest BCUT2D eigenvalue weighted by molar-refractivity contribution is 5.82. The third kappa shape index (κ3) is 3.89. The molecule has 0 aliphatic carbocycles. The predicted octanol–water partition coefficient (Wildman–Crippen LogP) is 2.92. The van der Waals surface area contributed by atoms with Crippen molar-refractivity contribution >= 4 is 5.91 Å². The van der Waals surface area contributed by atoms with Crippen LogP contribution in [0.25, 0.3) is 0 Å². The summed E-state index contributed by atoms with van der Waals surface area (Å²) in [5.41, 5.74) is 2.77. The molecule has 3 nitrogen and oxygen atoms in total. The maximum atomic E-state index is 12.4. The second-order valence-corrected chi connectivity index (χ2v) is 6.94. The van der Waals surface area contributed by atoms with E-state index in [0.717, 1.165) is 38.4 Å². The van der Waals surface area contributed by atoms with Crippen LogP contribution in [0.1, 0.15) is 43.2 Å². The number of piperidine rings is 1. The van der Waals surface area contributed by atoms with Crippen LogP contribution in [0, 0.1) is 12.8 Å². The van der Waals surface area contributed by atoms with Crippen LogP contribution in [0.5, 0.6) is 0 Å². The normalized spacial score (nSPS) is 23.0. The van der Waals surface area contributed by atoms with E-state index in [1.165, 1.54) is 36.8 Å². The van der Waals surface area contributed by atoms with Crippen molar-refractivity contribution in [1.29, 1.82) is 0 Å². The zero-order valence-electron chi connectivity index (χ0n) is 13.7. The smallest absolute Gasteiger partial charge is 0.239 e. The van der Waals surface area contributed by atoms with Crippen molar-refractivity contribution in [3.8, 4) is 0 Å². The molecule has 2 heterocycles. The van der Waals surface area contributed by atoms with Gasteiger partial charge in [0.25, 0.3) is 0 Å². The molecule has 1 aromatic carbocycles. The van der Waals surface area contributed by atoms with Crippen LogP contribution in [-0.4, -0.2) is 36.5 Å². The summed E-state index contributed by atoms with van der Waals surface area (Å²) in [7, 11) is 0. The molecule has 0 radical (unpaired) electrons. The van der Waals surface area contributed by atoms with Gasteiger partial charge >= 0.3 is 0 Å². The molecule has 2 fully saturated rings. The van der Waals surface area contributed by atoms with Crippen LogP contribution >= 0.6 is 0 Å². The SMILES string of the molecule is Cc1ccc(CCC2CCN(C(=O)[C@@H]3CCCN3)CC2)cc1. The van der Waals surface area contributed by atoms with E-state index in [1.54, 1.807) is 0 Å². The van der Waals surface area contributed by atoms with E-state index in [4.69, 9.17) is 0 Å². The summed E-state index contributed by atoms with van der Waals surface area (Å²) in [4.78, 5) is 14.5. The van der Waals surface area contributed by atoms with Crippen molar-refractivity contribution in [1.82, 2.24) is 10.2 Å². The number of likely N-dealkylation sites (tertiary alicyclic amines) is 1. The number of aryl methyl sites for hydroxylation is 2. The summed E-state index contributed by atoms with van der Waals surface area (Å²) < 4.78 is 0. The molecule has 1 aromatic rings. The molecular weight excluding hydrogens is 272 g/mol. The standard InChI is InChI=1S/C19H28N2O/c1-15-4-6-16(7-5-15)8-9-17-10-13-21(14-11-17)19(22)18-3-2-12-20-18/h4-7,17-18,20H,2-3,8-14H2,1H3/t18-/m0/s1. The minimum atomic E-state index is 0.101.